The molecule has 0 aromatic heterocycles. The van der Waals surface area contributed by atoms with Crippen molar-refractivity contribution in [3.63, 3.8) is 0 Å². The third-order valence-corrected chi connectivity index (χ3v) is 13.0. The average Bonchev–Trinajstić information content (AvgIpc) is 3.21. The van der Waals surface area contributed by atoms with Gasteiger partial charge in [0.05, 0.1) is 35.6 Å². The number of hydrogen-bond donors (Lipinski definition) is 5. The number of hydrogen-bond acceptors (Lipinski definition) is 16. The van der Waals surface area contributed by atoms with Crippen LogP contribution in [0.15, 0.2) is 71.8 Å². The zero-order chi connectivity index (χ0) is 46.9. The predicted molar refractivity (Wildman–Crippen MR) is 235 cm³/mol. The predicted octanol–water partition coefficient (Wildman–Crippen LogP) is 6.27. The monoisotopic (exact) mass is 1130 g/mol. The summed E-state index contributed by atoms with van der Waals surface area (Å²) in [5.41, 5.74) is -6.72. The van der Waals surface area contributed by atoms with Gasteiger partial charge in [-0.25, -0.2) is 14.4 Å². The van der Waals surface area contributed by atoms with Gasteiger partial charge in [-0.2, -0.15) is 0 Å². The topological polar surface area (TPSA) is 272 Å². The zero-order valence-electron chi connectivity index (χ0n) is 38.3. The first-order valence-electron chi connectivity index (χ1n) is 20.3. The van der Waals surface area contributed by atoms with Crippen LogP contribution in [0.2, 0.25) is 0 Å². The molecule has 2 aromatic rings. The molecule has 2 aromatic carbocycles. The molecule has 0 spiro atoms. The Morgan fingerprint density at radius 3 is 2.00 bits per heavy atom. The number of ether oxygens (including phenoxy) is 7. The van der Waals surface area contributed by atoms with Crippen molar-refractivity contribution >= 4 is 48.6 Å². The molecule has 11 atom stereocenters. The maximum absolute atomic E-state index is 15.5. The van der Waals surface area contributed by atoms with Crippen LogP contribution in [-0.4, -0.2) is 114 Å². The summed E-state index contributed by atoms with van der Waals surface area (Å²) in [5, 5.41) is 28.0. The maximum atomic E-state index is 15.5. The van der Waals surface area contributed by atoms with E-state index in [0.717, 1.165) is 0 Å². The van der Waals surface area contributed by atoms with E-state index in [1.54, 1.807) is 109 Å². The Kier molecular flexibility index (Phi) is 18.6. The van der Waals surface area contributed by atoms with E-state index in [0.29, 0.717) is 11.1 Å². The van der Waals surface area contributed by atoms with Gasteiger partial charge in [0.15, 0.2) is 17.5 Å². The molecule has 1 aliphatic heterocycles. The van der Waals surface area contributed by atoms with Crippen molar-refractivity contribution in [2.45, 2.75) is 128 Å². The Morgan fingerprint density at radius 2 is 1.51 bits per heavy atom. The number of aliphatic hydroxyl groups excluding tert-OH is 1. The third kappa shape index (κ3) is 10.5. The molecule has 1 heterocycles. The van der Waals surface area contributed by atoms with Gasteiger partial charge in [-0.15, -0.1) is 0 Å². The molecule has 17 nitrogen and oxygen atoms in total. The molecule has 20 heteroatoms. The first kappa shape index (κ1) is 55.8. The summed E-state index contributed by atoms with van der Waals surface area (Å²) in [4.78, 5) is 70.1. The van der Waals surface area contributed by atoms with Gasteiger partial charge in [0, 0.05) is 39.4 Å². The summed E-state index contributed by atoms with van der Waals surface area (Å²) in [6.07, 6.45) is -9.31. The number of alkyl carbamates (subject to hydrolysis) is 1. The molecule has 1 amide bonds. The number of ketones is 1. The molecular formula is C45H63Cl2N3O14Pt. The van der Waals surface area contributed by atoms with Gasteiger partial charge < -0.3 is 61.0 Å². The second kappa shape index (κ2) is 21.6. The molecule has 1 saturated heterocycles. The van der Waals surface area contributed by atoms with Gasteiger partial charge >= 0.3 is 59.3 Å². The van der Waals surface area contributed by atoms with Crippen LogP contribution < -0.4 is 17.6 Å². The molecule has 3 fully saturated rings. The number of amides is 1. The van der Waals surface area contributed by atoms with Gasteiger partial charge in [-0.05, 0) is 63.5 Å². The molecule has 65 heavy (non-hydrogen) atoms. The van der Waals surface area contributed by atoms with Gasteiger partial charge in [0.2, 0.25) is 0 Å². The second-order valence-corrected chi connectivity index (χ2v) is 21.3. The summed E-state index contributed by atoms with van der Waals surface area (Å²) in [5.74, 6) is -4.52. The standard InChI is InChI=1S/C45H57NO14.2ClH.2H3N.Pt/c1-24-28(57-39(51)33(48)32(26-17-13-11-14-18-26)46-40(52)60-41(3,4)5)22-45(53)37(58-38(50)27-19-15-12-16-20-27)35-43(8,36(49)34(55-10)31(24)42(45,6)7)29(54-9)21-30-44(35,23-56-30)59-25(2)47;;;;;/h11-20,28-30,32-35,37,48,53H,21-23H2,1-10H3,(H,46,52);2*1H;2*1H3;/q;;;;;+2/p-2/t28-,29-,30+,32-,33+,34+,35-,37-,43+,44-,45+;;;;;/m0...../s1. The molecule has 0 unspecified atom stereocenters. The Morgan fingerprint density at radius 1 is 0.938 bits per heavy atom. The fourth-order valence-electron chi connectivity index (χ4n) is 10.1. The van der Waals surface area contributed by atoms with Crippen molar-refractivity contribution in [3.8, 4) is 0 Å². The molecule has 6 rings (SSSR count). The minimum absolute atomic E-state index is 0. The number of benzene rings is 2. The number of halogens is 2. The van der Waals surface area contributed by atoms with Crippen LogP contribution in [0.4, 0.5) is 4.79 Å². The van der Waals surface area contributed by atoms with E-state index < -0.39 is 129 Å². The van der Waals surface area contributed by atoms with E-state index in [4.69, 9.17) is 52.0 Å². The van der Waals surface area contributed by atoms with Gasteiger partial charge in [0.25, 0.3) is 0 Å². The van der Waals surface area contributed by atoms with Crippen molar-refractivity contribution < 1.29 is 83.8 Å². The van der Waals surface area contributed by atoms with E-state index in [9.17, 15) is 29.4 Å². The summed E-state index contributed by atoms with van der Waals surface area (Å²) in [6.45, 7) is 12.7. The first-order chi connectivity index (χ1) is 29.5. The molecule has 2 saturated carbocycles. The van der Waals surface area contributed by atoms with Crippen LogP contribution in [0.25, 0.3) is 0 Å². The van der Waals surface area contributed by atoms with E-state index in [-0.39, 0.29) is 36.5 Å². The number of rotatable bonds is 10. The van der Waals surface area contributed by atoms with E-state index in [2.05, 4.69) is 5.32 Å². The quantitative estimate of drug-likeness (QED) is 0.0997. The average molecular weight is 1140 g/mol. The third-order valence-electron chi connectivity index (χ3n) is 13.0. The minimum atomic E-state index is -2.22. The number of Topliss-reactive ketones (excluding diaryl/α,β-unsaturated/α-hetero) is 1. The normalized spacial score (nSPS) is 30.8. The zero-order valence-corrected chi connectivity index (χ0v) is 42.1. The fourth-order valence-corrected chi connectivity index (χ4v) is 10.1. The van der Waals surface area contributed by atoms with Crippen molar-refractivity contribution in [2.75, 3.05) is 20.8 Å². The SMILES string of the molecule is CO[C@H]1C(=O)[C@]2(C)[C@@H](OC)C[C@H]3OC[C@@]3(OC(C)=O)[C@H]2[C@H](OC(=O)c2ccccc2)[C@]2(O)C[C@H](OC(=O)[C@H](O)[C@@H](NC(=O)OC(C)(C)C)c3ccccc3)C(C)=C1C2(C)C.N.N.[Cl][Pt][Cl]. The number of esters is 3. The Bertz CT molecular complexity index is 2060. The fraction of sp³-hybridized carbons (Fsp3) is 0.578. The van der Waals surface area contributed by atoms with Crippen LogP contribution in [0, 0.1) is 16.7 Å². The van der Waals surface area contributed by atoms with E-state index >= 15 is 4.79 Å². The Balaban J connectivity index is 0.00000218. The number of carbonyl (C=O) groups excluding carboxylic acids is 5. The Hall–Kier alpha value is -3.48. The number of fused-ring (bicyclic) bond motifs is 5. The van der Waals surface area contributed by atoms with Crippen LogP contribution in [-0.2, 0) is 64.0 Å². The van der Waals surface area contributed by atoms with Crippen molar-refractivity contribution in [1.29, 1.82) is 0 Å². The van der Waals surface area contributed by atoms with Gasteiger partial charge in [-0.1, -0.05) is 62.4 Å². The number of aliphatic hydroxyl groups is 2. The molecule has 0 radical (unpaired) electrons. The number of nitrogens with one attached hydrogen (secondary N) is 1. The number of methoxy groups -OCH3 is 2. The second-order valence-electron chi connectivity index (χ2n) is 18.0. The Labute approximate surface area is 396 Å². The van der Waals surface area contributed by atoms with Crippen molar-refractivity contribution in [2.24, 2.45) is 16.7 Å². The van der Waals surface area contributed by atoms with Crippen LogP contribution in [0.5, 0.6) is 0 Å². The summed E-state index contributed by atoms with van der Waals surface area (Å²) in [7, 11) is 12.5. The molecular weight excluding hydrogens is 1070 g/mol. The van der Waals surface area contributed by atoms with Crippen molar-refractivity contribution in [1.82, 2.24) is 17.6 Å². The van der Waals surface area contributed by atoms with E-state index in [1.807, 2.05) is 0 Å². The summed E-state index contributed by atoms with van der Waals surface area (Å²) in [6, 6.07) is 15.1. The molecule has 4 aliphatic rings. The van der Waals surface area contributed by atoms with E-state index in [1.165, 1.54) is 21.1 Å². The molecule has 366 valence electrons. The first-order valence-corrected chi connectivity index (χ1v) is 26.0. The van der Waals surface area contributed by atoms with Gasteiger partial charge in [-0.3, -0.25) is 9.59 Å². The summed E-state index contributed by atoms with van der Waals surface area (Å²) >= 11 is -0.472. The van der Waals surface area contributed by atoms with Crippen LogP contribution in [0.1, 0.15) is 90.2 Å². The molecule has 2 bridgehead atoms. The summed E-state index contributed by atoms with van der Waals surface area (Å²) < 4.78 is 42.4. The molecule has 9 N–H and O–H groups in total. The molecule has 3 aliphatic carbocycles. The number of carbonyl (C=O) groups is 5. The van der Waals surface area contributed by atoms with Gasteiger partial charge in [0.1, 0.15) is 35.6 Å². The van der Waals surface area contributed by atoms with Crippen LogP contribution in [0.3, 0.4) is 0 Å². The van der Waals surface area contributed by atoms with Crippen LogP contribution >= 0.6 is 18.8 Å². The van der Waals surface area contributed by atoms with Crippen molar-refractivity contribution in [3.05, 3.63) is 82.9 Å².